The van der Waals surface area contributed by atoms with Gasteiger partial charge in [-0.3, -0.25) is 0 Å². The summed E-state index contributed by atoms with van der Waals surface area (Å²) in [5.74, 6) is 1.81. The van der Waals surface area contributed by atoms with Gasteiger partial charge in [0.15, 0.2) is 0 Å². The van der Waals surface area contributed by atoms with Crippen molar-refractivity contribution >= 4 is 5.69 Å². The molecular weight excluding hydrogens is 334 g/mol. The molecule has 3 aromatic carbocycles. The minimum atomic E-state index is 0.111. The van der Waals surface area contributed by atoms with Crippen molar-refractivity contribution in [3.8, 4) is 11.5 Å². The molecule has 0 amide bonds. The Morgan fingerprint density at radius 3 is 2.44 bits per heavy atom. The van der Waals surface area contributed by atoms with Gasteiger partial charge >= 0.3 is 0 Å². The van der Waals surface area contributed by atoms with Gasteiger partial charge in [0.2, 0.25) is 0 Å². The van der Waals surface area contributed by atoms with Crippen LogP contribution in [0.3, 0.4) is 0 Å². The van der Waals surface area contributed by atoms with Gasteiger partial charge in [-0.05, 0) is 42.7 Å². The van der Waals surface area contributed by atoms with Crippen LogP contribution in [0.2, 0.25) is 0 Å². The van der Waals surface area contributed by atoms with E-state index in [1.165, 1.54) is 0 Å². The summed E-state index contributed by atoms with van der Waals surface area (Å²) in [5, 5.41) is 3.47. The molecule has 27 heavy (non-hydrogen) atoms. The number of aryl methyl sites for hydroxylation is 1. The number of hydrogen-bond donors (Lipinski definition) is 1. The van der Waals surface area contributed by atoms with Gasteiger partial charge in [0.1, 0.15) is 24.2 Å². The Labute approximate surface area is 162 Å². The lowest BCUT2D eigenvalue weighted by molar-refractivity contribution is 0.208. The molecule has 0 aliphatic heterocycles. The maximum Gasteiger partial charge on any atom is 0.122 e. The molecular formula is C24H27NO2. The number of rotatable bonds is 9. The minimum Gasteiger partial charge on any atom is -0.489 e. The van der Waals surface area contributed by atoms with Crippen LogP contribution in [0.4, 0.5) is 5.69 Å². The van der Waals surface area contributed by atoms with Gasteiger partial charge in [-0.15, -0.1) is 0 Å². The third-order valence-electron chi connectivity index (χ3n) is 4.46. The third kappa shape index (κ3) is 5.78. The van der Waals surface area contributed by atoms with Gasteiger partial charge in [-0.25, -0.2) is 0 Å². The number of para-hydroxylation sites is 1. The van der Waals surface area contributed by atoms with Crippen LogP contribution in [-0.4, -0.2) is 12.6 Å². The Morgan fingerprint density at radius 1 is 0.889 bits per heavy atom. The van der Waals surface area contributed by atoms with E-state index < -0.39 is 0 Å². The predicted octanol–water partition coefficient (Wildman–Crippen LogP) is 5.84. The second-order valence-corrected chi connectivity index (χ2v) is 6.60. The first-order valence-electron chi connectivity index (χ1n) is 9.47. The topological polar surface area (TPSA) is 30.5 Å². The monoisotopic (exact) mass is 361 g/mol. The molecule has 0 spiro atoms. The lowest BCUT2D eigenvalue weighted by atomic mass is 10.2. The highest BCUT2D eigenvalue weighted by Gasteiger charge is 2.10. The third-order valence-corrected chi connectivity index (χ3v) is 4.46. The molecule has 3 nitrogen and oxygen atoms in total. The van der Waals surface area contributed by atoms with Crippen molar-refractivity contribution in [2.75, 3.05) is 11.9 Å². The van der Waals surface area contributed by atoms with Crippen molar-refractivity contribution in [1.82, 2.24) is 0 Å². The van der Waals surface area contributed by atoms with Crippen molar-refractivity contribution in [1.29, 1.82) is 0 Å². The molecule has 0 bridgehead atoms. The van der Waals surface area contributed by atoms with Crippen LogP contribution < -0.4 is 14.8 Å². The van der Waals surface area contributed by atoms with Gasteiger partial charge in [-0.1, -0.05) is 61.5 Å². The maximum atomic E-state index is 6.16. The van der Waals surface area contributed by atoms with E-state index >= 15 is 0 Å². The normalized spacial score (nSPS) is 11.6. The van der Waals surface area contributed by atoms with E-state index in [9.17, 15) is 0 Å². The van der Waals surface area contributed by atoms with E-state index in [2.05, 4.69) is 43.4 Å². The molecule has 140 valence electrons. The zero-order valence-corrected chi connectivity index (χ0v) is 16.0. The molecule has 3 heteroatoms. The highest BCUT2D eigenvalue weighted by molar-refractivity contribution is 5.48. The van der Waals surface area contributed by atoms with Crippen molar-refractivity contribution < 1.29 is 9.47 Å². The Hall–Kier alpha value is -2.94. The van der Waals surface area contributed by atoms with Gasteiger partial charge in [0, 0.05) is 11.8 Å². The quantitative estimate of drug-likeness (QED) is 0.519. The summed E-state index contributed by atoms with van der Waals surface area (Å²) in [4.78, 5) is 0. The minimum absolute atomic E-state index is 0.111. The maximum absolute atomic E-state index is 6.16. The summed E-state index contributed by atoms with van der Waals surface area (Å²) < 4.78 is 12.1. The molecule has 0 saturated carbocycles. The van der Waals surface area contributed by atoms with Crippen molar-refractivity contribution in [3.05, 3.63) is 90.0 Å². The molecule has 1 atom stereocenters. The zero-order chi connectivity index (χ0) is 18.9. The highest BCUT2D eigenvalue weighted by atomic mass is 16.5. The Kier molecular flexibility index (Phi) is 6.75. The van der Waals surface area contributed by atoms with E-state index in [0.717, 1.165) is 41.3 Å². The average molecular weight is 361 g/mol. The van der Waals surface area contributed by atoms with Crippen LogP contribution in [0.5, 0.6) is 11.5 Å². The van der Waals surface area contributed by atoms with Crippen LogP contribution >= 0.6 is 0 Å². The summed E-state index contributed by atoms with van der Waals surface area (Å²) in [6.45, 7) is 5.53. The Morgan fingerprint density at radius 2 is 1.67 bits per heavy atom. The highest BCUT2D eigenvalue weighted by Crippen LogP contribution is 2.21. The zero-order valence-electron chi connectivity index (χ0n) is 16.0. The smallest absolute Gasteiger partial charge is 0.122 e. The fourth-order valence-corrected chi connectivity index (χ4v) is 2.81. The molecule has 0 aliphatic rings. The van der Waals surface area contributed by atoms with Crippen LogP contribution in [0, 0.1) is 6.92 Å². The van der Waals surface area contributed by atoms with Crippen LogP contribution in [0.1, 0.15) is 24.5 Å². The van der Waals surface area contributed by atoms with E-state index in [0.29, 0.717) is 6.61 Å². The fourth-order valence-electron chi connectivity index (χ4n) is 2.81. The SMILES string of the molecule is CCC(CNc1cccc(OCc2ccccc2)c1)Oc1ccccc1C. The van der Waals surface area contributed by atoms with Crippen molar-refractivity contribution in [3.63, 3.8) is 0 Å². The number of ether oxygens (including phenoxy) is 2. The molecule has 0 fully saturated rings. The predicted molar refractivity (Wildman–Crippen MR) is 112 cm³/mol. The van der Waals surface area contributed by atoms with Crippen LogP contribution in [0.25, 0.3) is 0 Å². The second kappa shape index (κ2) is 9.67. The van der Waals surface area contributed by atoms with Crippen molar-refractivity contribution in [2.24, 2.45) is 0 Å². The summed E-state index contributed by atoms with van der Waals surface area (Å²) in [7, 11) is 0. The van der Waals surface area contributed by atoms with Crippen LogP contribution in [-0.2, 0) is 6.61 Å². The number of benzene rings is 3. The van der Waals surface area contributed by atoms with Gasteiger partial charge < -0.3 is 14.8 Å². The Bertz CT molecular complexity index is 833. The van der Waals surface area contributed by atoms with Gasteiger partial charge in [0.05, 0.1) is 6.54 Å². The standard InChI is InChI=1S/C24H27NO2/c1-3-22(27-24-15-8-7-10-19(24)2)17-25-21-13-9-14-23(16-21)26-18-20-11-5-4-6-12-20/h4-16,22,25H,3,17-18H2,1-2H3. The summed E-state index contributed by atoms with van der Waals surface area (Å²) in [6, 6.07) is 26.4. The van der Waals surface area contributed by atoms with E-state index in [4.69, 9.17) is 9.47 Å². The lowest BCUT2D eigenvalue weighted by Gasteiger charge is -2.20. The van der Waals surface area contributed by atoms with Gasteiger partial charge in [-0.2, -0.15) is 0 Å². The van der Waals surface area contributed by atoms with E-state index in [1.54, 1.807) is 0 Å². The first kappa shape index (κ1) is 18.8. The molecule has 3 rings (SSSR count). The number of nitrogens with one attached hydrogen (secondary N) is 1. The molecule has 0 radical (unpaired) electrons. The molecule has 1 unspecified atom stereocenters. The van der Waals surface area contributed by atoms with E-state index in [1.807, 2.05) is 54.6 Å². The second-order valence-electron chi connectivity index (χ2n) is 6.60. The molecule has 1 N–H and O–H groups in total. The summed E-state index contributed by atoms with van der Waals surface area (Å²) >= 11 is 0. The number of hydrogen-bond acceptors (Lipinski definition) is 3. The first-order chi connectivity index (χ1) is 13.2. The largest absolute Gasteiger partial charge is 0.489 e. The Balaban J connectivity index is 1.54. The van der Waals surface area contributed by atoms with Crippen LogP contribution in [0.15, 0.2) is 78.9 Å². The lowest BCUT2D eigenvalue weighted by Crippen LogP contribution is -2.25. The van der Waals surface area contributed by atoms with Gasteiger partial charge in [0.25, 0.3) is 0 Å². The summed E-state index contributed by atoms with van der Waals surface area (Å²) in [6.07, 6.45) is 1.05. The molecule has 0 saturated heterocycles. The first-order valence-corrected chi connectivity index (χ1v) is 9.47. The van der Waals surface area contributed by atoms with E-state index in [-0.39, 0.29) is 6.10 Å². The fraction of sp³-hybridized carbons (Fsp3) is 0.250. The molecule has 3 aromatic rings. The summed E-state index contributed by atoms with van der Waals surface area (Å²) in [5.41, 5.74) is 3.35. The molecule has 0 aliphatic carbocycles. The average Bonchev–Trinajstić information content (AvgIpc) is 2.72. The molecule has 0 heterocycles. The van der Waals surface area contributed by atoms with Crippen molar-refractivity contribution in [2.45, 2.75) is 33.0 Å². The number of anilines is 1. The molecule has 0 aromatic heterocycles.